The lowest BCUT2D eigenvalue weighted by Gasteiger charge is -2.27. The number of carbonyl (C=O) groups excluding carboxylic acids is 1. The lowest BCUT2D eigenvalue weighted by molar-refractivity contribution is -0.139. The molecule has 0 heterocycles. The highest BCUT2D eigenvalue weighted by atomic mass is 16.5. The molecular weight excluding hydrogens is 282 g/mol. The van der Waals surface area contributed by atoms with Gasteiger partial charge in [-0.25, -0.2) is 4.79 Å². The Morgan fingerprint density at radius 2 is 1.82 bits per heavy atom. The first-order valence-corrected chi connectivity index (χ1v) is 7.59. The lowest BCUT2D eigenvalue weighted by atomic mass is 10.0. The number of aliphatic carboxylic acids is 1. The number of carboxylic acid groups (broad SMARTS) is 1. The number of hydrogen-bond donors (Lipinski definition) is 1. The maximum absolute atomic E-state index is 12.7. The second kappa shape index (κ2) is 6.38. The van der Waals surface area contributed by atoms with Crippen molar-refractivity contribution in [2.24, 2.45) is 0 Å². The van der Waals surface area contributed by atoms with Gasteiger partial charge in [0.2, 0.25) is 0 Å². The second-order valence-corrected chi connectivity index (χ2v) is 6.16. The molecule has 1 fully saturated rings. The van der Waals surface area contributed by atoms with Crippen molar-refractivity contribution < 1.29 is 19.4 Å². The van der Waals surface area contributed by atoms with Gasteiger partial charge in [-0.1, -0.05) is 0 Å². The molecule has 120 valence electrons. The zero-order valence-corrected chi connectivity index (χ0v) is 13.5. The van der Waals surface area contributed by atoms with E-state index in [0.717, 1.165) is 24.0 Å². The fraction of sp³-hybridized carbons (Fsp3) is 0.529. The lowest BCUT2D eigenvalue weighted by Crippen LogP contribution is -2.38. The van der Waals surface area contributed by atoms with Crippen LogP contribution in [0, 0.1) is 13.8 Å². The van der Waals surface area contributed by atoms with E-state index in [4.69, 9.17) is 9.84 Å². The van der Waals surface area contributed by atoms with Crippen molar-refractivity contribution in [1.82, 2.24) is 4.90 Å². The van der Waals surface area contributed by atoms with Crippen LogP contribution in [0.3, 0.4) is 0 Å². The Kier molecular flexibility index (Phi) is 4.74. The molecule has 1 aromatic rings. The van der Waals surface area contributed by atoms with Gasteiger partial charge >= 0.3 is 5.97 Å². The number of hydrogen-bond acceptors (Lipinski definition) is 3. The zero-order valence-electron chi connectivity index (χ0n) is 13.5. The molecule has 1 N–H and O–H groups in total. The zero-order chi connectivity index (χ0) is 16.4. The van der Waals surface area contributed by atoms with Gasteiger partial charge in [0.25, 0.3) is 5.91 Å². The van der Waals surface area contributed by atoms with Crippen LogP contribution in [-0.4, -0.2) is 40.6 Å². The summed E-state index contributed by atoms with van der Waals surface area (Å²) in [5, 5.41) is 8.72. The number of rotatable bonds is 6. The predicted octanol–water partition coefficient (Wildman–Crippen LogP) is 2.78. The van der Waals surface area contributed by atoms with Gasteiger partial charge < -0.3 is 14.7 Å². The Morgan fingerprint density at radius 3 is 2.23 bits per heavy atom. The van der Waals surface area contributed by atoms with Gasteiger partial charge in [-0.3, -0.25) is 4.79 Å². The smallest absolute Gasteiger partial charge is 0.341 e. The van der Waals surface area contributed by atoms with Crippen molar-refractivity contribution >= 4 is 11.9 Å². The third-order valence-corrected chi connectivity index (χ3v) is 3.78. The van der Waals surface area contributed by atoms with Gasteiger partial charge in [-0.05, 0) is 63.8 Å². The van der Waals surface area contributed by atoms with E-state index in [0.29, 0.717) is 17.4 Å². The molecule has 1 aliphatic rings. The minimum absolute atomic E-state index is 0.0356. The first kappa shape index (κ1) is 16.3. The van der Waals surface area contributed by atoms with Crippen molar-refractivity contribution in [1.29, 1.82) is 0 Å². The molecule has 0 aliphatic heterocycles. The summed E-state index contributed by atoms with van der Waals surface area (Å²) in [6.07, 6.45) is 2.14. The van der Waals surface area contributed by atoms with E-state index in [2.05, 4.69) is 0 Å². The van der Waals surface area contributed by atoms with E-state index in [9.17, 15) is 9.59 Å². The summed E-state index contributed by atoms with van der Waals surface area (Å²) in [7, 11) is 0. The molecule has 1 aliphatic carbocycles. The molecule has 5 nitrogen and oxygen atoms in total. The van der Waals surface area contributed by atoms with Crippen LogP contribution in [0.5, 0.6) is 5.75 Å². The van der Waals surface area contributed by atoms with Gasteiger partial charge in [0.15, 0.2) is 6.61 Å². The summed E-state index contributed by atoms with van der Waals surface area (Å²) < 4.78 is 5.31. The number of carbonyl (C=O) groups is 2. The van der Waals surface area contributed by atoms with E-state index in [1.807, 2.05) is 32.6 Å². The molecule has 0 aromatic heterocycles. The summed E-state index contributed by atoms with van der Waals surface area (Å²) in [5.74, 6) is -0.436. The van der Waals surface area contributed by atoms with Gasteiger partial charge in [-0.2, -0.15) is 0 Å². The van der Waals surface area contributed by atoms with Gasteiger partial charge in [-0.15, -0.1) is 0 Å². The van der Waals surface area contributed by atoms with Crippen LogP contribution in [0.2, 0.25) is 0 Å². The molecular formula is C17H23NO4. The quantitative estimate of drug-likeness (QED) is 0.877. The average molecular weight is 305 g/mol. The molecule has 0 saturated heterocycles. The Morgan fingerprint density at radius 1 is 1.27 bits per heavy atom. The predicted molar refractivity (Wildman–Crippen MR) is 83.4 cm³/mol. The highest BCUT2D eigenvalue weighted by Gasteiger charge is 2.34. The van der Waals surface area contributed by atoms with Crippen LogP contribution < -0.4 is 4.74 Å². The first-order chi connectivity index (χ1) is 10.3. The summed E-state index contributed by atoms with van der Waals surface area (Å²) in [4.78, 5) is 25.3. The monoisotopic (exact) mass is 305 g/mol. The van der Waals surface area contributed by atoms with E-state index in [1.165, 1.54) is 0 Å². The Labute approximate surface area is 130 Å². The molecule has 0 radical (unpaired) electrons. The molecule has 22 heavy (non-hydrogen) atoms. The van der Waals surface area contributed by atoms with Crippen molar-refractivity contribution in [3.05, 3.63) is 28.8 Å². The number of ether oxygens (including phenoxy) is 1. The highest BCUT2D eigenvalue weighted by Crippen LogP contribution is 2.32. The number of aryl methyl sites for hydroxylation is 2. The fourth-order valence-corrected chi connectivity index (χ4v) is 2.76. The summed E-state index contributed by atoms with van der Waals surface area (Å²) >= 11 is 0. The molecule has 1 saturated carbocycles. The number of benzene rings is 1. The van der Waals surface area contributed by atoms with Gasteiger partial charge in [0.1, 0.15) is 5.75 Å². The summed E-state index contributed by atoms with van der Waals surface area (Å²) in [6, 6.07) is 4.09. The summed E-state index contributed by atoms with van der Waals surface area (Å²) in [6.45, 7) is 7.34. The molecule has 0 bridgehead atoms. The minimum Gasteiger partial charge on any atom is -0.481 e. The maximum atomic E-state index is 12.7. The van der Waals surface area contributed by atoms with Crippen molar-refractivity contribution in [3.8, 4) is 5.75 Å². The van der Waals surface area contributed by atoms with Crippen molar-refractivity contribution in [2.45, 2.75) is 52.6 Å². The largest absolute Gasteiger partial charge is 0.481 e. The van der Waals surface area contributed by atoms with Gasteiger partial charge in [0.05, 0.1) is 0 Å². The van der Waals surface area contributed by atoms with Crippen molar-refractivity contribution in [3.63, 3.8) is 0 Å². The third kappa shape index (κ3) is 3.59. The second-order valence-electron chi connectivity index (χ2n) is 6.16. The Hall–Kier alpha value is -2.04. The molecule has 2 rings (SSSR count). The molecule has 0 atom stereocenters. The number of nitrogens with zero attached hydrogens (tertiary/aromatic N) is 1. The normalized spacial score (nSPS) is 14.0. The SMILES string of the molecule is Cc1cc(C(=O)N(C(C)C)C2CC2)cc(C)c1OCC(=O)O. The van der Waals surface area contributed by atoms with Crippen LogP contribution in [-0.2, 0) is 4.79 Å². The first-order valence-electron chi connectivity index (χ1n) is 7.59. The van der Waals surface area contributed by atoms with Crippen LogP contribution >= 0.6 is 0 Å². The molecule has 1 aromatic carbocycles. The minimum atomic E-state index is -1.02. The fourth-order valence-electron chi connectivity index (χ4n) is 2.76. The Balaban J connectivity index is 2.25. The molecule has 0 unspecified atom stereocenters. The van der Waals surface area contributed by atoms with E-state index in [1.54, 1.807) is 12.1 Å². The standard InChI is InChI=1S/C17H23NO4/c1-10(2)18(14-5-6-14)17(21)13-7-11(3)16(12(4)8-13)22-9-15(19)20/h7-8,10,14H,5-6,9H2,1-4H3,(H,19,20). The van der Waals surface area contributed by atoms with Crippen molar-refractivity contribution in [2.75, 3.05) is 6.61 Å². The average Bonchev–Trinajstić information content (AvgIpc) is 3.21. The summed E-state index contributed by atoms with van der Waals surface area (Å²) in [5.41, 5.74) is 2.20. The van der Waals surface area contributed by atoms with Crippen LogP contribution in [0.4, 0.5) is 0 Å². The molecule has 1 amide bonds. The maximum Gasteiger partial charge on any atom is 0.341 e. The molecule has 5 heteroatoms. The highest BCUT2D eigenvalue weighted by molar-refractivity contribution is 5.95. The van der Waals surface area contributed by atoms with Crippen LogP contribution in [0.25, 0.3) is 0 Å². The third-order valence-electron chi connectivity index (χ3n) is 3.78. The van der Waals surface area contributed by atoms with Crippen LogP contribution in [0.15, 0.2) is 12.1 Å². The molecule has 0 spiro atoms. The number of carboxylic acids is 1. The van der Waals surface area contributed by atoms with Gasteiger partial charge in [0, 0.05) is 17.6 Å². The van der Waals surface area contributed by atoms with E-state index >= 15 is 0 Å². The van der Waals surface area contributed by atoms with Crippen LogP contribution in [0.1, 0.15) is 48.2 Å². The topological polar surface area (TPSA) is 66.8 Å². The van der Waals surface area contributed by atoms with E-state index in [-0.39, 0.29) is 18.6 Å². The number of amides is 1. The Bertz CT molecular complexity index is 565. The van der Waals surface area contributed by atoms with E-state index < -0.39 is 5.97 Å².